The number of allylic oxidation sites excluding steroid dienone is 1. The van der Waals surface area contributed by atoms with Gasteiger partial charge in [-0.3, -0.25) is 4.72 Å². The van der Waals surface area contributed by atoms with Gasteiger partial charge in [-0.05, 0) is 44.3 Å². The topological polar surface area (TPSA) is 72.5 Å². The molecule has 0 aromatic heterocycles. The SMILES string of the molecule is [2H]C1=C(C(=O)OCC)C(S(=O)(=O)Nc2c([2H])c([2H])c(F)c([2H])c2Cl)C([2H])([2H])CC1. The fourth-order valence-electron chi connectivity index (χ4n) is 1.88. The summed E-state index contributed by atoms with van der Waals surface area (Å²) in [5.41, 5.74) is -1.49. The molecule has 8 heteroatoms. The highest BCUT2D eigenvalue weighted by atomic mass is 35.5. The number of carbonyl (C=O) groups is 1. The first-order valence-electron chi connectivity index (χ1n) is 9.59. The summed E-state index contributed by atoms with van der Waals surface area (Å²) in [6.07, 6.45) is -3.05. The summed E-state index contributed by atoms with van der Waals surface area (Å²) in [6.45, 7) is 1.32. The van der Waals surface area contributed by atoms with Gasteiger partial charge in [-0.1, -0.05) is 17.7 Å². The number of hydrogen-bond donors (Lipinski definition) is 1. The van der Waals surface area contributed by atoms with Crippen molar-refractivity contribution in [3.05, 3.63) is 40.6 Å². The standard InChI is InChI=1S/C15H17ClFNO4S/c1-2-22-15(19)11-5-3-4-6-14(11)23(20,21)18-13-8-7-10(17)9-12(13)16/h5,7-9,14,18H,2-4,6H2,1H3/i5D,6D2,7D,8D,9D. The van der Waals surface area contributed by atoms with Gasteiger partial charge in [0, 0.05) is 2.74 Å². The van der Waals surface area contributed by atoms with Gasteiger partial charge in [0.25, 0.3) is 0 Å². The third kappa shape index (κ3) is 4.23. The Morgan fingerprint density at radius 2 is 2.35 bits per heavy atom. The van der Waals surface area contributed by atoms with E-state index in [0.29, 0.717) is 0 Å². The Morgan fingerprint density at radius 3 is 3.04 bits per heavy atom. The number of ether oxygens (including phenoxy) is 1. The lowest BCUT2D eigenvalue weighted by atomic mass is 9.99. The zero-order valence-corrected chi connectivity index (χ0v) is 13.6. The molecule has 1 aliphatic rings. The Bertz CT molecular complexity index is 972. The van der Waals surface area contributed by atoms with Crippen LogP contribution in [0.15, 0.2) is 29.8 Å². The molecular formula is C15H17ClFNO4S. The summed E-state index contributed by atoms with van der Waals surface area (Å²) < 4.78 is 93.2. The molecule has 1 N–H and O–H groups in total. The van der Waals surface area contributed by atoms with Gasteiger partial charge in [-0.2, -0.15) is 0 Å². The highest BCUT2D eigenvalue weighted by molar-refractivity contribution is 7.93. The van der Waals surface area contributed by atoms with Gasteiger partial charge in [-0.15, -0.1) is 0 Å². The number of sulfonamides is 1. The maximum atomic E-state index is 13.7. The monoisotopic (exact) mass is 367 g/mol. The quantitative estimate of drug-likeness (QED) is 0.811. The lowest BCUT2D eigenvalue weighted by molar-refractivity contribution is -0.138. The smallest absolute Gasteiger partial charge is 0.335 e. The highest BCUT2D eigenvalue weighted by Gasteiger charge is 2.35. The molecule has 0 heterocycles. The number of esters is 1. The van der Waals surface area contributed by atoms with Gasteiger partial charge in [-0.25, -0.2) is 17.6 Å². The van der Waals surface area contributed by atoms with E-state index in [1.807, 2.05) is 4.72 Å². The Balaban J connectivity index is 2.65. The Labute approximate surface area is 148 Å². The van der Waals surface area contributed by atoms with E-state index < -0.39 is 73.9 Å². The molecule has 126 valence electrons. The Morgan fingerprint density at radius 1 is 1.61 bits per heavy atom. The van der Waals surface area contributed by atoms with E-state index in [4.69, 9.17) is 24.6 Å². The first-order valence-corrected chi connectivity index (χ1v) is 8.51. The second kappa shape index (κ2) is 7.31. The molecule has 1 unspecified atom stereocenters. The van der Waals surface area contributed by atoms with Crippen LogP contribution in [-0.4, -0.2) is 26.2 Å². The fraction of sp³-hybridized carbons (Fsp3) is 0.400. The molecule has 1 atom stereocenters. The third-order valence-corrected chi connectivity index (χ3v) is 4.61. The van der Waals surface area contributed by atoms with Crippen molar-refractivity contribution in [2.45, 2.75) is 31.4 Å². The number of hydrogen-bond acceptors (Lipinski definition) is 4. The number of benzene rings is 1. The summed E-state index contributed by atoms with van der Waals surface area (Å²) in [7, 11) is -4.88. The van der Waals surface area contributed by atoms with Crippen molar-refractivity contribution in [1.82, 2.24) is 0 Å². The van der Waals surface area contributed by atoms with Gasteiger partial charge in [0.05, 0.1) is 28.4 Å². The van der Waals surface area contributed by atoms with E-state index in [2.05, 4.69) is 0 Å². The Hall–Kier alpha value is -1.60. The summed E-state index contributed by atoms with van der Waals surface area (Å²) in [5, 5.41) is -2.98. The minimum absolute atomic E-state index is 0.135. The number of carbonyl (C=O) groups excluding carboxylic acids is 1. The molecule has 0 fully saturated rings. The van der Waals surface area contributed by atoms with Crippen LogP contribution < -0.4 is 4.72 Å². The lowest BCUT2D eigenvalue weighted by Gasteiger charge is -2.24. The fourth-order valence-corrected chi connectivity index (χ4v) is 3.50. The highest BCUT2D eigenvalue weighted by Crippen LogP contribution is 2.30. The average Bonchev–Trinajstić information content (AvgIpc) is 2.63. The molecule has 2 rings (SSSR count). The van der Waals surface area contributed by atoms with Crippen LogP contribution in [0.1, 0.15) is 34.4 Å². The van der Waals surface area contributed by atoms with E-state index in [1.54, 1.807) is 0 Å². The van der Waals surface area contributed by atoms with E-state index in [9.17, 15) is 17.6 Å². The van der Waals surface area contributed by atoms with Crippen LogP contribution in [0, 0.1) is 5.82 Å². The normalized spacial score (nSPS) is 24.6. The molecule has 1 aliphatic carbocycles. The maximum Gasteiger partial charge on any atom is 0.335 e. The van der Waals surface area contributed by atoms with Gasteiger partial charge in [0.15, 0.2) is 0 Å². The molecule has 1 aromatic carbocycles. The molecule has 0 radical (unpaired) electrons. The molecule has 0 bridgehead atoms. The lowest BCUT2D eigenvalue weighted by Crippen LogP contribution is -2.34. The van der Waals surface area contributed by atoms with Crippen LogP contribution in [0.2, 0.25) is 5.02 Å². The zero-order chi connectivity index (χ0) is 22.3. The van der Waals surface area contributed by atoms with Crippen molar-refractivity contribution in [3.63, 3.8) is 0 Å². The second-order valence-electron chi connectivity index (χ2n) is 4.42. The molecular weight excluding hydrogens is 345 g/mol. The van der Waals surface area contributed by atoms with Crippen LogP contribution in [0.25, 0.3) is 0 Å². The molecule has 0 saturated heterocycles. The molecule has 0 amide bonds. The van der Waals surface area contributed by atoms with Crippen LogP contribution in [-0.2, 0) is 19.6 Å². The van der Waals surface area contributed by atoms with Gasteiger partial charge in [0.1, 0.15) is 11.1 Å². The Kier molecular flexibility index (Phi) is 3.51. The number of anilines is 1. The average molecular weight is 368 g/mol. The van der Waals surface area contributed by atoms with Crippen molar-refractivity contribution in [3.8, 4) is 0 Å². The van der Waals surface area contributed by atoms with Crippen molar-refractivity contribution < 1.29 is 30.6 Å². The van der Waals surface area contributed by atoms with E-state index in [1.165, 1.54) is 6.92 Å². The van der Waals surface area contributed by atoms with E-state index in [0.717, 1.165) is 0 Å². The largest absolute Gasteiger partial charge is 0.463 e. The number of rotatable bonds is 5. The maximum absolute atomic E-state index is 13.7. The van der Waals surface area contributed by atoms with Gasteiger partial charge in [0.2, 0.25) is 10.0 Å². The minimum Gasteiger partial charge on any atom is -0.463 e. The van der Waals surface area contributed by atoms with Crippen LogP contribution >= 0.6 is 11.6 Å². The first-order chi connectivity index (χ1) is 13.3. The summed E-state index contributed by atoms with van der Waals surface area (Å²) in [5.74, 6) is -2.59. The second-order valence-corrected chi connectivity index (χ2v) is 6.56. The van der Waals surface area contributed by atoms with Crippen molar-refractivity contribution in [1.29, 1.82) is 0 Å². The number of halogens is 2. The van der Waals surface area contributed by atoms with Gasteiger partial charge < -0.3 is 4.74 Å². The minimum atomic E-state index is -4.88. The predicted octanol–water partition coefficient (Wildman–Crippen LogP) is 3.26. The van der Waals surface area contributed by atoms with Crippen LogP contribution in [0.3, 0.4) is 0 Å². The third-order valence-electron chi connectivity index (χ3n) is 2.82. The van der Waals surface area contributed by atoms with Crippen molar-refractivity contribution in [2.75, 3.05) is 11.3 Å². The van der Waals surface area contributed by atoms with E-state index >= 15 is 0 Å². The van der Waals surface area contributed by atoms with E-state index in [-0.39, 0.29) is 19.4 Å². The van der Waals surface area contributed by atoms with Crippen molar-refractivity contribution >= 4 is 33.3 Å². The van der Waals surface area contributed by atoms with Gasteiger partial charge >= 0.3 is 5.97 Å². The van der Waals surface area contributed by atoms with Crippen LogP contribution in [0.4, 0.5) is 10.1 Å². The molecule has 0 aliphatic heterocycles. The first kappa shape index (κ1) is 11.0. The summed E-state index contributed by atoms with van der Waals surface area (Å²) >= 11 is 5.78. The predicted molar refractivity (Wildman–Crippen MR) is 86.3 cm³/mol. The van der Waals surface area contributed by atoms with Crippen LogP contribution in [0.5, 0.6) is 0 Å². The summed E-state index contributed by atoms with van der Waals surface area (Å²) in [4.78, 5) is 12.3. The van der Waals surface area contributed by atoms with Crippen molar-refractivity contribution in [2.24, 2.45) is 0 Å². The molecule has 5 nitrogen and oxygen atoms in total. The number of nitrogens with one attached hydrogen (secondary N) is 1. The summed E-state index contributed by atoms with van der Waals surface area (Å²) in [6, 6.07) is -3.46. The molecule has 23 heavy (non-hydrogen) atoms. The zero-order valence-electron chi connectivity index (χ0n) is 18.0. The molecule has 0 saturated carbocycles. The molecule has 1 aromatic rings. The molecule has 0 spiro atoms.